The van der Waals surface area contributed by atoms with Crippen molar-refractivity contribution in [2.45, 2.75) is 25.4 Å². The number of halogens is 1. The van der Waals surface area contributed by atoms with E-state index in [1.165, 1.54) is 11.0 Å². The van der Waals surface area contributed by atoms with E-state index in [0.717, 1.165) is 18.4 Å². The lowest BCUT2D eigenvalue weighted by atomic mass is 10.0. The lowest BCUT2D eigenvalue weighted by molar-refractivity contribution is -0.122. The molecular formula is C14H15ClN4O. The highest BCUT2D eigenvalue weighted by molar-refractivity contribution is 6.28. The van der Waals surface area contributed by atoms with Gasteiger partial charge < -0.3 is 5.32 Å². The number of nitrogens with zero attached hydrogens (tertiary/aromatic N) is 3. The van der Waals surface area contributed by atoms with Gasteiger partial charge in [0.2, 0.25) is 11.2 Å². The quantitative estimate of drug-likeness (QED) is 0.918. The largest absolute Gasteiger partial charge is 0.347 e. The maximum absolute atomic E-state index is 12.1. The summed E-state index contributed by atoms with van der Waals surface area (Å²) in [5.74, 6) is 0.466. The highest BCUT2D eigenvalue weighted by Crippen LogP contribution is 2.40. The normalized spacial score (nSPS) is 15.8. The molecule has 1 aliphatic rings. The molecule has 1 aromatic heterocycles. The average molecular weight is 291 g/mol. The van der Waals surface area contributed by atoms with E-state index in [1.54, 1.807) is 0 Å². The molecule has 20 heavy (non-hydrogen) atoms. The molecule has 104 valence electrons. The predicted molar refractivity (Wildman–Crippen MR) is 75.1 cm³/mol. The summed E-state index contributed by atoms with van der Waals surface area (Å²) in [6.45, 7) is 0.135. The molecule has 5 nitrogen and oxygen atoms in total. The zero-order valence-corrected chi connectivity index (χ0v) is 11.6. The van der Waals surface area contributed by atoms with Crippen LogP contribution in [0.2, 0.25) is 5.28 Å². The fraction of sp³-hybridized carbons (Fsp3) is 0.357. The van der Waals surface area contributed by atoms with Gasteiger partial charge in [0.15, 0.2) is 0 Å². The average Bonchev–Trinajstić information content (AvgIpc) is 3.21. The first-order valence-electron chi connectivity index (χ1n) is 6.61. The summed E-state index contributed by atoms with van der Waals surface area (Å²) in [7, 11) is 0. The molecule has 1 fully saturated rings. The highest BCUT2D eigenvalue weighted by Gasteiger charge is 2.33. The summed E-state index contributed by atoms with van der Waals surface area (Å²) < 4.78 is 1.44. The summed E-state index contributed by atoms with van der Waals surface area (Å²) in [5, 5.41) is 7.14. The van der Waals surface area contributed by atoms with Crippen LogP contribution in [-0.4, -0.2) is 20.7 Å². The van der Waals surface area contributed by atoms with Crippen LogP contribution in [0.5, 0.6) is 0 Å². The van der Waals surface area contributed by atoms with Crippen LogP contribution in [0, 0.1) is 5.92 Å². The number of benzene rings is 1. The van der Waals surface area contributed by atoms with E-state index in [1.807, 2.05) is 18.2 Å². The molecule has 1 amide bonds. The fourth-order valence-corrected chi connectivity index (χ4v) is 2.42. The summed E-state index contributed by atoms with van der Waals surface area (Å²) >= 11 is 5.63. The monoisotopic (exact) mass is 290 g/mol. The molecule has 1 atom stereocenters. The molecule has 0 radical (unpaired) electrons. The van der Waals surface area contributed by atoms with Crippen LogP contribution in [0.3, 0.4) is 0 Å². The molecular weight excluding hydrogens is 276 g/mol. The van der Waals surface area contributed by atoms with Crippen LogP contribution in [-0.2, 0) is 11.3 Å². The second-order valence-electron chi connectivity index (χ2n) is 5.00. The van der Waals surface area contributed by atoms with Gasteiger partial charge in [-0.2, -0.15) is 0 Å². The number of hydrogen-bond donors (Lipinski definition) is 1. The van der Waals surface area contributed by atoms with Crippen molar-refractivity contribution in [3.63, 3.8) is 0 Å². The molecule has 0 unspecified atom stereocenters. The van der Waals surface area contributed by atoms with Crippen LogP contribution in [0.15, 0.2) is 36.7 Å². The maximum atomic E-state index is 12.1. The van der Waals surface area contributed by atoms with E-state index >= 15 is 0 Å². The summed E-state index contributed by atoms with van der Waals surface area (Å²) in [6, 6.07) is 10.2. The Kier molecular flexibility index (Phi) is 3.69. The Morgan fingerprint density at radius 3 is 2.75 bits per heavy atom. The third-order valence-corrected chi connectivity index (χ3v) is 3.56. The third kappa shape index (κ3) is 3.17. The van der Waals surface area contributed by atoms with Crippen molar-refractivity contribution >= 4 is 17.5 Å². The third-order valence-electron chi connectivity index (χ3n) is 3.38. The number of carbonyl (C=O) groups excluding carboxylic acids is 1. The van der Waals surface area contributed by atoms with Crippen molar-refractivity contribution in [3.8, 4) is 0 Å². The Labute approximate surface area is 122 Å². The molecule has 2 aromatic rings. The minimum atomic E-state index is -0.0766. The zero-order valence-electron chi connectivity index (χ0n) is 10.9. The molecule has 0 saturated heterocycles. The van der Waals surface area contributed by atoms with Gasteiger partial charge in [-0.15, -0.1) is 5.10 Å². The smallest absolute Gasteiger partial charge is 0.242 e. The van der Waals surface area contributed by atoms with Gasteiger partial charge in [0, 0.05) is 0 Å². The first-order valence-corrected chi connectivity index (χ1v) is 6.99. The summed E-state index contributed by atoms with van der Waals surface area (Å²) in [4.78, 5) is 15.9. The molecule has 1 aliphatic carbocycles. The lowest BCUT2D eigenvalue weighted by Crippen LogP contribution is -2.32. The minimum Gasteiger partial charge on any atom is -0.347 e. The summed E-state index contributed by atoms with van der Waals surface area (Å²) in [6.07, 6.45) is 3.78. The Hall–Kier alpha value is -1.88. The molecule has 1 N–H and O–H groups in total. The van der Waals surface area contributed by atoms with Gasteiger partial charge >= 0.3 is 0 Å². The molecule has 1 aromatic carbocycles. The Bertz CT molecular complexity index is 594. The molecule has 1 heterocycles. The van der Waals surface area contributed by atoms with Crippen molar-refractivity contribution < 1.29 is 4.79 Å². The molecule has 0 bridgehead atoms. The van der Waals surface area contributed by atoms with Gasteiger partial charge in [-0.05, 0) is 35.9 Å². The SMILES string of the molecule is O=C(Cn1cnc(Cl)n1)N[C@H](c1ccccc1)C1CC1. The topological polar surface area (TPSA) is 59.8 Å². The van der Waals surface area contributed by atoms with Crippen LogP contribution in [0.1, 0.15) is 24.4 Å². The van der Waals surface area contributed by atoms with Crippen molar-refractivity contribution in [2.24, 2.45) is 5.92 Å². The number of aromatic nitrogens is 3. The van der Waals surface area contributed by atoms with E-state index in [0.29, 0.717) is 5.92 Å². The van der Waals surface area contributed by atoms with E-state index in [9.17, 15) is 4.79 Å². The van der Waals surface area contributed by atoms with E-state index in [4.69, 9.17) is 11.6 Å². The van der Waals surface area contributed by atoms with Gasteiger partial charge in [0.1, 0.15) is 12.9 Å². The first kappa shape index (κ1) is 13.1. The standard InChI is InChI=1S/C14H15ClN4O/c15-14-16-9-19(18-14)8-12(20)17-13(11-6-7-11)10-4-2-1-3-5-10/h1-5,9,11,13H,6-8H2,(H,17,20)/t13-/m1/s1. The number of rotatable bonds is 5. The maximum Gasteiger partial charge on any atom is 0.242 e. The van der Waals surface area contributed by atoms with E-state index < -0.39 is 0 Å². The van der Waals surface area contributed by atoms with Crippen LogP contribution >= 0.6 is 11.6 Å². The van der Waals surface area contributed by atoms with Gasteiger partial charge in [-0.3, -0.25) is 4.79 Å². The van der Waals surface area contributed by atoms with Gasteiger partial charge in [-0.25, -0.2) is 9.67 Å². The number of carbonyl (C=O) groups is 1. The highest BCUT2D eigenvalue weighted by atomic mass is 35.5. The minimum absolute atomic E-state index is 0.0766. The second-order valence-corrected chi connectivity index (χ2v) is 5.34. The number of nitrogens with one attached hydrogen (secondary N) is 1. The fourth-order valence-electron chi connectivity index (χ4n) is 2.28. The van der Waals surface area contributed by atoms with Crippen molar-refractivity contribution in [3.05, 3.63) is 47.5 Å². The Morgan fingerprint density at radius 2 is 2.15 bits per heavy atom. The first-order chi connectivity index (χ1) is 9.72. The van der Waals surface area contributed by atoms with E-state index in [-0.39, 0.29) is 23.8 Å². The van der Waals surface area contributed by atoms with Gasteiger partial charge in [-0.1, -0.05) is 30.3 Å². The molecule has 1 saturated carbocycles. The second kappa shape index (κ2) is 5.63. The Balaban J connectivity index is 1.66. The van der Waals surface area contributed by atoms with Crippen molar-refractivity contribution in [1.82, 2.24) is 20.1 Å². The van der Waals surface area contributed by atoms with E-state index in [2.05, 4.69) is 27.5 Å². The number of amides is 1. The van der Waals surface area contributed by atoms with Gasteiger partial charge in [0.25, 0.3) is 0 Å². The van der Waals surface area contributed by atoms with Crippen molar-refractivity contribution in [1.29, 1.82) is 0 Å². The predicted octanol–water partition coefficient (Wildman–Crippen LogP) is 2.20. The zero-order chi connectivity index (χ0) is 13.9. The molecule has 0 spiro atoms. The van der Waals surface area contributed by atoms with Crippen molar-refractivity contribution in [2.75, 3.05) is 0 Å². The lowest BCUT2D eigenvalue weighted by Gasteiger charge is -2.18. The molecule has 6 heteroatoms. The van der Waals surface area contributed by atoms with Crippen LogP contribution in [0.4, 0.5) is 0 Å². The Morgan fingerprint density at radius 1 is 1.40 bits per heavy atom. The van der Waals surface area contributed by atoms with Crippen LogP contribution < -0.4 is 5.32 Å². The summed E-state index contributed by atoms with van der Waals surface area (Å²) in [5.41, 5.74) is 1.15. The van der Waals surface area contributed by atoms with Gasteiger partial charge in [0.05, 0.1) is 6.04 Å². The molecule has 3 rings (SSSR count). The number of hydrogen-bond acceptors (Lipinski definition) is 3. The van der Waals surface area contributed by atoms with Crippen LogP contribution in [0.25, 0.3) is 0 Å². The molecule has 0 aliphatic heterocycles.